The summed E-state index contributed by atoms with van der Waals surface area (Å²) in [6, 6.07) is 8.09. The molecule has 146 valence electrons. The van der Waals surface area contributed by atoms with Crippen molar-refractivity contribution in [1.82, 2.24) is 9.55 Å². The Kier molecular flexibility index (Phi) is 6.32. The molecule has 1 saturated carbocycles. The molecule has 5 nitrogen and oxygen atoms in total. The smallest absolute Gasteiger partial charge is 0.224 e. The van der Waals surface area contributed by atoms with Gasteiger partial charge in [0.2, 0.25) is 5.91 Å². The van der Waals surface area contributed by atoms with Gasteiger partial charge < -0.3 is 15.6 Å². The zero-order valence-corrected chi connectivity index (χ0v) is 16.6. The van der Waals surface area contributed by atoms with E-state index in [-0.39, 0.29) is 11.3 Å². The van der Waals surface area contributed by atoms with Crippen molar-refractivity contribution in [3.63, 3.8) is 0 Å². The molecule has 2 aromatic rings. The van der Waals surface area contributed by atoms with Gasteiger partial charge in [-0.1, -0.05) is 45.2 Å². The number of amides is 1. The Bertz CT molecular complexity index is 759. The number of rotatable bonds is 7. The number of carbonyl (C=O) groups excluding carboxylic acids is 1. The van der Waals surface area contributed by atoms with E-state index in [4.69, 9.17) is 5.73 Å². The van der Waals surface area contributed by atoms with E-state index in [0.29, 0.717) is 18.9 Å². The van der Waals surface area contributed by atoms with E-state index in [1.165, 1.54) is 19.3 Å². The summed E-state index contributed by atoms with van der Waals surface area (Å²) < 4.78 is 2.16. The molecule has 0 atom stereocenters. The third-order valence-corrected chi connectivity index (χ3v) is 5.71. The third kappa shape index (κ3) is 4.98. The second-order valence-corrected chi connectivity index (χ2v) is 8.26. The fourth-order valence-electron chi connectivity index (χ4n) is 4.20. The highest BCUT2D eigenvalue weighted by atomic mass is 16.1. The van der Waals surface area contributed by atoms with Crippen LogP contribution in [0.3, 0.4) is 0 Å². The van der Waals surface area contributed by atoms with E-state index in [1.807, 2.05) is 24.5 Å². The SMILES string of the molecule is CC(C)c1nccn1Cc1cccc(NC(=O)CC2(CN)CCCCC2)c1. The second kappa shape index (κ2) is 8.70. The summed E-state index contributed by atoms with van der Waals surface area (Å²) in [6.45, 7) is 5.64. The number of nitrogens with one attached hydrogen (secondary N) is 1. The highest BCUT2D eigenvalue weighted by Gasteiger charge is 2.32. The minimum absolute atomic E-state index is 0.0110. The first-order chi connectivity index (χ1) is 13.0. The maximum atomic E-state index is 12.6. The first-order valence-electron chi connectivity index (χ1n) is 10.1. The highest BCUT2D eigenvalue weighted by Crippen LogP contribution is 2.38. The number of anilines is 1. The predicted octanol–water partition coefficient (Wildman–Crippen LogP) is 4.29. The first-order valence-corrected chi connectivity index (χ1v) is 10.1. The van der Waals surface area contributed by atoms with Crippen LogP contribution >= 0.6 is 0 Å². The van der Waals surface area contributed by atoms with Crippen LogP contribution < -0.4 is 11.1 Å². The molecule has 3 N–H and O–H groups in total. The van der Waals surface area contributed by atoms with Crippen molar-refractivity contribution in [2.45, 2.75) is 64.8 Å². The summed E-state index contributed by atoms with van der Waals surface area (Å²) in [6.07, 6.45) is 10.1. The van der Waals surface area contributed by atoms with Crippen LogP contribution in [0.4, 0.5) is 5.69 Å². The average Bonchev–Trinajstić information content (AvgIpc) is 3.11. The summed E-state index contributed by atoms with van der Waals surface area (Å²) in [4.78, 5) is 17.1. The molecule has 0 radical (unpaired) electrons. The lowest BCUT2D eigenvalue weighted by Crippen LogP contribution is -2.36. The van der Waals surface area contributed by atoms with Crippen molar-refractivity contribution in [1.29, 1.82) is 0 Å². The van der Waals surface area contributed by atoms with Gasteiger partial charge in [-0.05, 0) is 42.5 Å². The van der Waals surface area contributed by atoms with Gasteiger partial charge in [-0.2, -0.15) is 0 Å². The number of carbonyl (C=O) groups is 1. The highest BCUT2D eigenvalue weighted by molar-refractivity contribution is 5.91. The monoisotopic (exact) mass is 368 g/mol. The second-order valence-electron chi connectivity index (χ2n) is 8.26. The molecule has 1 heterocycles. The van der Waals surface area contributed by atoms with Gasteiger partial charge in [0.15, 0.2) is 0 Å². The largest absolute Gasteiger partial charge is 0.330 e. The van der Waals surface area contributed by atoms with Crippen LogP contribution in [0.1, 0.15) is 69.7 Å². The topological polar surface area (TPSA) is 72.9 Å². The minimum atomic E-state index is -0.0110. The van der Waals surface area contributed by atoms with E-state index >= 15 is 0 Å². The molecule has 1 aliphatic carbocycles. The summed E-state index contributed by atoms with van der Waals surface area (Å²) >= 11 is 0. The van der Waals surface area contributed by atoms with E-state index in [1.54, 1.807) is 0 Å². The van der Waals surface area contributed by atoms with Crippen LogP contribution in [0, 0.1) is 5.41 Å². The van der Waals surface area contributed by atoms with Gasteiger partial charge >= 0.3 is 0 Å². The predicted molar refractivity (Wildman–Crippen MR) is 110 cm³/mol. The molecular formula is C22H32N4O. The van der Waals surface area contributed by atoms with Gasteiger partial charge in [-0.3, -0.25) is 4.79 Å². The lowest BCUT2D eigenvalue weighted by atomic mass is 9.71. The molecule has 0 aliphatic heterocycles. The number of hydrogen-bond acceptors (Lipinski definition) is 3. The van der Waals surface area contributed by atoms with Gasteiger partial charge in [-0.15, -0.1) is 0 Å². The summed E-state index contributed by atoms with van der Waals surface area (Å²) in [5.41, 5.74) is 8.02. The van der Waals surface area contributed by atoms with E-state index in [9.17, 15) is 4.79 Å². The van der Waals surface area contributed by atoms with Crippen molar-refractivity contribution >= 4 is 11.6 Å². The lowest BCUT2D eigenvalue weighted by molar-refractivity contribution is -0.118. The van der Waals surface area contributed by atoms with E-state index < -0.39 is 0 Å². The number of benzene rings is 1. The minimum Gasteiger partial charge on any atom is -0.330 e. The normalized spacial score (nSPS) is 16.4. The molecule has 1 aliphatic rings. The number of hydrogen-bond donors (Lipinski definition) is 2. The lowest BCUT2D eigenvalue weighted by Gasteiger charge is -2.35. The Morgan fingerprint density at radius 2 is 2.07 bits per heavy atom. The van der Waals surface area contributed by atoms with Crippen molar-refractivity contribution in [3.8, 4) is 0 Å². The quantitative estimate of drug-likeness (QED) is 0.765. The molecule has 1 aromatic carbocycles. The molecule has 0 unspecified atom stereocenters. The van der Waals surface area contributed by atoms with Crippen LogP contribution in [0.15, 0.2) is 36.7 Å². The first kappa shape index (κ1) is 19.6. The van der Waals surface area contributed by atoms with Gasteiger partial charge in [0, 0.05) is 37.0 Å². The number of nitrogens with two attached hydrogens (primary N) is 1. The number of nitrogens with zero attached hydrogens (tertiary/aromatic N) is 2. The molecule has 1 amide bonds. The Morgan fingerprint density at radius 1 is 1.30 bits per heavy atom. The molecule has 3 rings (SSSR count). The van der Waals surface area contributed by atoms with Crippen molar-refractivity contribution < 1.29 is 4.79 Å². The molecule has 27 heavy (non-hydrogen) atoms. The molecule has 5 heteroatoms. The van der Waals surface area contributed by atoms with Gasteiger partial charge in [0.05, 0.1) is 0 Å². The molecular weight excluding hydrogens is 336 g/mol. The molecule has 0 spiro atoms. The summed E-state index contributed by atoms with van der Waals surface area (Å²) in [5.74, 6) is 1.53. The Balaban J connectivity index is 1.65. The molecule has 0 saturated heterocycles. The summed E-state index contributed by atoms with van der Waals surface area (Å²) in [7, 11) is 0. The van der Waals surface area contributed by atoms with Crippen LogP contribution in [0.25, 0.3) is 0 Å². The zero-order valence-electron chi connectivity index (χ0n) is 16.6. The number of aromatic nitrogens is 2. The molecule has 0 bridgehead atoms. The van der Waals surface area contributed by atoms with Crippen molar-refractivity contribution in [2.75, 3.05) is 11.9 Å². The fraction of sp³-hybridized carbons (Fsp3) is 0.545. The fourth-order valence-corrected chi connectivity index (χ4v) is 4.20. The third-order valence-electron chi connectivity index (χ3n) is 5.71. The van der Waals surface area contributed by atoms with Gasteiger partial charge in [-0.25, -0.2) is 4.98 Å². The van der Waals surface area contributed by atoms with Crippen LogP contribution in [-0.4, -0.2) is 22.0 Å². The van der Waals surface area contributed by atoms with Crippen LogP contribution in [0.5, 0.6) is 0 Å². The standard InChI is InChI=1S/C22H32N4O/c1-17(2)21-24-11-12-26(21)15-18-7-6-8-19(13-18)25-20(27)14-22(16-23)9-4-3-5-10-22/h6-8,11-13,17H,3-5,9-10,14-16,23H2,1-2H3,(H,25,27). The van der Waals surface area contributed by atoms with Gasteiger partial charge in [0.25, 0.3) is 0 Å². The Hall–Kier alpha value is -2.14. The van der Waals surface area contributed by atoms with Gasteiger partial charge in [0.1, 0.15) is 5.82 Å². The Labute approximate surface area is 162 Å². The number of imidazole rings is 1. The summed E-state index contributed by atoms with van der Waals surface area (Å²) in [5, 5.41) is 3.09. The zero-order chi connectivity index (χ0) is 19.3. The van der Waals surface area contributed by atoms with E-state index in [2.05, 4.69) is 40.8 Å². The molecule has 1 aromatic heterocycles. The average molecular weight is 369 g/mol. The maximum Gasteiger partial charge on any atom is 0.224 e. The van der Waals surface area contributed by atoms with Crippen LogP contribution in [0.2, 0.25) is 0 Å². The van der Waals surface area contributed by atoms with E-state index in [0.717, 1.165) is 36.5 Å². The maximum absolute atomic E-state index is 12.6. The molecule has 1 fully saturated rings. The van der Waals surface area contributed by atoms with Crippen LogP contribution in [-0.2, 0) is 11.3 Å². The Morgan fingerprint density at radius 3 is 2.78 bits per heavy atom. The van der Waals surface area contributed by atoms with Crippen molar-refractivity contribution in [2.24, 2.45) is 11.1 Å². The van der Waals surface area contributed by atoms with Crippen molar-refractivity contribution in [3.05, 3.63) is 48.0 Å².